The molecule has 1 aliphatic heterocycles. The van der Waals surface area contributed by atoms with Crippen molar-refractivity contribution in [3.63, 3.8) is 0 Å². The van der Waals surface area contributed by atoms with Gasteiger partial charge in [-0.25, -0.2) is 9.97 Å². The lowest BCUT2D eigenvalue weighted by Gasteiger charge is -2.19. The van der Waals surface area contributed by atoms with Gasteiger partial charge in [0.2, 0.25) is 5.95 Å². The van der Waals surface area contributed by atoms with Gasteiger partial charge in [0.15, 0.2) is 0 Å². The fraction of sp³-hybridized carbons (Fsp3) is 0.500. The van der Waals surface area contributed by atoms with Crippen LogP contribution in [0.15, 0.2) is 24.3 Å². The maximum Gasteiger partial charge on any atom is 0.270 e. The molecule has 1 unspecified atom stereocenters. The Balaban J connectivity index is 1.32. The summed E-state index contributed by atoms with van der Waals surface area (Å²) in [7, 11) is 0. The molecule has 28 heavy (non-hydrogen) atoms. The minimum atomic E-state index is -0.123. The van der Waals surface area contributed by atoms with Crippen LogP contribution < -0.4 is 11.1 Å². The summed E-state index contributed by atoms with van der Waals surface area (Å²) in [5, 5.41) is 3.04. The van der Waals surface area contributed by atoms with Crippen molar-refractivity contribution >= 4 is 11.9 Å². The topological polar surface area (TPSA) is 84.1 Å². The molecule has 0 bridgehead atoms. The van der Waals surface area contributed by atoms with Crippen LogP contribution in [0.2, 0.25) is 0 Å². The minimum absolute atomic E-state index is 0.123. The number of hydrogen-bond donors (Lipinski definition) is 2. The standard InChI is InChI=1S/C22H29N5O/c1-15-6-2-3-7-17(15)16-10-12-27(14-16)13-11-24-21(28)20-18-8-4-5-9-19(18)25-22(23)26-20/h2-3,6-7,16H,4-5,8-14H2,1H3,(H,24,28)(H2,23,25,26). The van der Waals surface area contributed by atoms with E-state index in [1.807, 2.05) is 0 Å². The minimum Gasteiger partial charge on any atom is -0.368 e. The Morgan fingerprint density at radius 3 is 2.93 bits per heavy atom. The second-order valence-electron chi connectivity index (χ2n) is 7.96. The lowest BCUT2D eigenvalue weighted by Crippen LogP contribution is -2.35. The van der Waals surface area contributed by atoms with Crippen molar-refractivity contribution in [2.75, 3.05) is 31.9 Å². The van der Waals surface area contributed by atoms with Gasteiger partial charge in [-0.1, -0.05) is 24.3 Å². The van der Waals surface area contributed by atoms with Gasteiger partial charge in [-0.15, -0.1) is 0 Å². The van der Waals surface area contributed by atoms with Crippen molar-refractivity contribution in [3.05, 3.63) is 52.3 Å². The molecule has 4 rings (SSSR count). The number of nitrogens with two attached hydrogens (primary N) is 1. The number of carbonyl (C=O) groups is 1. The average Bonchev–Trinajstić information content (AvgIpc) is 3.16. The number of aromatic nitrogens is 2. The molecule has 1 saturated heterocycles. The van der Waals surface area contributed by atoms with Gasteiger partial charge in [0.1, 0.15) is 5.69 Å². The van der Waals surface area contributed by atoms with Crippen molar-refractivity contribution in [1.29, 1.82) is 0 Å². The fourth-order valence-electron chi connectivity index (χ4n) is 4.55. The second kappa shape index (κ2) is 8.27. The fourth-order valence-corrected chi connectivity index (χ4v) is 4.55. The van der Waals surface area contributed by atoms with E-state index in [2.05, 4.69) is 51.4 Å². The molecule has 0 spiro atoms. The summed E-state index contributed by atoms with van der Waals surface area (Å²) in [5.74, 6) is 0.666. The first-order valence-corrected chi connectivity index (χ1v) is 10.3. The average molecular weight is 380 g/mol. The van der Waals surface area contributed by atoms with Gasteiger partial charge < -0.3 is 16.0 Å². The molecule has 148 valence electrons. The van der Waals surface area contributed by atoms with Crippen LogP contribution in [0.1, 0.15) is 58.1 Å². The highest BCUT2D eigenvalue weighted by molar-refractivity contribution is 5.94. The van der Waals surface area contributed by atoms with E-state index in [1.165, 1.54) is 17.5 Å². The van der Waals surface area contributed by atoms with Gasteiger partial charge in [-0.2, -0.15) is 0 Å². The Morgan fingerprint density at radius 2 is 2.07 bits per heavy atom. The zero-order valence-corrected chi connectivity index (χ0v) is 16.6. The van der Waals surface area contributed by atoms with Crippen molar-refractivity contribution in [2.45, 2.75) is 44.9 Å². The van der Waals surface area contributed by atoms with E-state index < -0.39 is 0 Å². The van der Waals surface area contributed by atoms with Crippen LogP contribution >= 0.6 is 0 Å². The van der Waals surface area contributed by atoms with Crippen LogP contribution in [0.3, 0.4) is 0 Å². The second-order valence-corrected chi connectivity index (χ2v) is 7.96. The number of carbonyl (C=O) groups excluding carboxylic acids is 1. The van der Waals surface area contributed by atoms with Crippen LogP contribution in [0.5, 0.6) is 0 Å². The first kappa shape index (κ1) is 18.9. The molecule has 1 atom stereocenters. The lowest BCUT2D eigenvalue weighted by molar-refractivity contribution is 0.0943. The molecule has 6 heteroatoms. The highest BCUT2D eigenvalue weighted by Crippen LogP contribution is 2.29. The lowest BCUT2D eigenvalue weighted by atomic mass is 9.94. The number of nitrogen functional groups attached to an aromatic ring is 1. The Labute approximate surface area is 166 Å². The number of likely N-dealkylation sites (tertiary alicyclic amines) is 1. The van der Waals surface area contributed by atoms with Gasteiger partial charge in [-0.3, -0.25) is 4.79 Å². The number of rotatable bonds is 5. The predicted molar refractivity (Wildman–Crippen MR) is 110 cm³/mol. The third kappa shape index (κ3) is 4.02. The zero-order chi connectivity index (χ0) is 19.5. The van der Waals surface area contributed by atoms with E-state index in [1.54, 1.807) is 0 Å². The first-order valence-electron chi connectivity index (χ1n) is 10.3. The quantitative estimate of drug-likeness (QED) is 0.834. The van der Waals surface area contributed by atoms with Crippen molar-refractivity contribution in [1.82, 2.24) is 20.2 Å². The monoisotopic (exact) mass is 379 g/mol. The Kier molecular flexibility index (Phi) is 5.57. The summed E-state index contributed by atoms with van der Waals surface area (Å²) in [4.78, 5) is 23.7. The third-order valence-electron chi connectivity index (χ3n) is 6.03. The summed E-state index contributed by atoms with van der Waals surface area (Å²) in [5.41, 5.74) is 11.1. The molecule has 3 N–H and O–H groups in total. The van der Waals surface area contributed by atoms with E-state index in [0.717, 1.165) is 56.6 Å². The van der Waals surface area contributed by atoms with Crippen LogP contribution in [0.25, 0.3) is 0 Å². The number of benzene rings is 1. The van der Waals surface area contributed by atoms with Crippen molar-refractivity contribution in [3.8, 4) is 0 Å². The molecule has 2 aromatic rings. The zero-order valence-electron chi connectivity index (χ0n) is 16.6. The number of hydrogen-bond acceptors (Lipinski definition) is 5. The molecule has 1 aliphatic carbocycles. The largest absolute Gasteiger partial charge is 0.368 e. The molecule has 2 heterocycles. The van der Waals surface area contributed by atoms with E-state index in [4.69, 9.17) is 5.73 Å². The van der Waals surface area contributed by atoms with Gasteiger partial charge >= 0.3 is 0 Å². The van der Waals surface area contributed by atoms with Crippen molar-refractivity contribution < 1.29 is 4.79 Å². The molecule has 1 fully saturated rings. The number of anilines is 1. The summed E-state index contributed by atoms with van der Waals surface area (Å²) in [6, 6.07) is 8.65. The number of amides is 1. The van der Waals surface area contributed by atoms with E-state index >= 15 is 0 Å². The van der Waals surface area contributed by atoms with Gasteiger partial charge in [-0.05, 0) is 62.6 Å². The van der Waals surface area contributed by atoms with E-state index in [0.29, 0.717) is 18.2 Å². The Bertz CT molecular complexity index is 866. The number of nitrogens with one attached hydrogen (secondary N) is 1. The van der Waals surface area contributed by atoms with Crippen LogP contribution in [0.4, 0.5) is 5.95 Å². The molecule has 0 radical (unpaired) electrons. The Morgan fingerprint density at radius 1 is 1.25 bits per heavy atom. The molecule has 1 aromatic carbocycles. The van der Waals surface area contributed by atoms with Gasteiger partial charge in [0.05, 0.1) is 0 Å². The summed E-state index contributed by atoms with van der Waals surface area (Å²) in [6.07, 6.45) is 5.10. The number of aryl methyl sites for hydroxylation is 2. The van der Waals surface area contributed by atoms with Crippen molar-refractivity contribution in [2.24, 2.45) is 0 Å². The summed E-state index contributed by atoms with van der Waals surface area (Å²) < 4.78 is 0. The molecular weight excluding hydrogens is 350 g/mol. The van der Waals surface area contributed by atoms with Gasteiger partial charge in [0, 0.05) is 30.9 Å². The third-order valence-corrected chi connectivity index (χ3v) is 6.03. The molecular formula is C22H29N5O. The number of nitrogens with zero attached hydrogens (tertiary/aromatic N) is 3. The molecule has 1 amide bonds. The molecule has 2 aliphatic rings. The maximum absolute atomic E-state index is 12.7. The normalized spacial score (nSPS) is 19.4. The molecule has 1 aromatic heterocycles. The number of fused-ring (bicyclic) bond motifs is 1. The highest BCUT2D eigenvalue weighted by Gasteiger charge is 2.25. The smallest absolute Gasteiger partial charge is 0.270 e. The highest BCUT2D eigenvalue weighted by atomic mass is 16.1. The van der Waals surface area contributed by atoms with Crippen LogP contribution in [-0.2, 0) is 12.8 Å². The maximum atomic E-state index is 12.7. The Hall–Kier alpha value is -2.47. The van der Waals surface area contributed by atoms with Crippen LogP contribution in [-0.4, -0.2) is 47.0 Å². The van der Waals surface area contributed by atoms with Gasteiger partial charge in [0.25, 0.3) is 5.91 Å². The predicted octanol–water partition coefficient (Wildman–Crippen LogP) is 2.47. The summed E-state index contributed by atoms with van der Waals surface area (Å²) in [6.45, 7) is 5.79. The van der Waals surface area contributed by atoms with E-state index in [9.17, 15) is 4.79 Å². The van der Waals surface area contributed by atoms with Crippen LogP contribution in [0, 0.1) is 6.92 Å². The molecule has 0 saturated carbocycles. The van der Waals surface area contributed by atoms with E-state index in [-0.39, 0.29) is 11.9 Å². The molecule has 6 nitrogen and oxygen atoms in total. The SMILES string of the molecule is Cc1ccccc1C1CCN(CCNC(=O)c2nc(N)nc3c2CCCC3)C1. The first-order chi connectivity index (χ1) is 13.6. The summed E-state index contributed by atoms with van der Waals surface area (Å²) >= 11 is 0.